The number of aliphatic hydroxyl groups is 1. The van der Waals surface area contributed by atoms with Crippen LogP contribution in [-0.2, 0) is 88.0 Å². The SMILES string of the molecule is CC(=O)NC(Cc1ccc2ccccc2c1)C(=O)NC(Cc1ccc(Cl)cc1)C(=O)NC(Cc1cccnc1)C(=O)NC(CO)C(=O)N(C)C(Cc1ccc(O)cc1)C(=O)NC(CCCCNC(=O)CCC(=O)Nc1ccc(C(=N)N)cc1)C(=O)NC(CC(C)C)C(=O)NC(CCCNC(=N)N)C(=O)N1CCCC1C(=O)NC(C)C(N)=O. The highest BCUT2D eigenvalue weighted by Gasteiger charge is 2.41. The van der Waals surface area contributed by atoms with Crippen LogP contribution in [0.5, 0.6) is 5.75 Å². The number of hydrogen-bond donors (Lipinski definition) is 18. The largest absolute Gasteiger partial charge is 0.508 e. The standard InChI is InChI=1S/C82H106ClN19O15/c1-47(2)39-62(74(110)96-61(17-11-37-91-82(87)88)81(117)102-38-12-18-67(102)78(114)92-48(3)72(86)108)97-73(109)60(16-8-9-36-90-69(106)33-34-70(107)94-58-29-25-55(26-30-58)71(84)85)95-79(115)68(44-51-22-31-59(105)32-23-51)101(5)80(116)66(46-103)100-77(113)65(43-53-13-10-35-89-45-53)99-76(112)64(41-50-20-27-57(83)28-21-50)98-75(111)63(93-49(4)104)42-52-19-24-54-14-6-7-15-56(54)40-52/h6-7,10,13-15,19-32,35,40,45,47-48,60-68,103,105H,8-9,11-12,16-18,33-34,36-39,41-44,46H2,1-5H3,(H3,84,85)(H2,86,108)(H,90,106)(H,92,114)(H,93,104)(H,94,107)(H,95,115)(H,96,110)(H,97,109)(H,98,111)(H,99,112)(H,100,113)(H4,87,88,91). The van der Waals surface area contributed by atoms with E-state index in [0.717, 1.165) is 15.7 Å². The summed E-state index contributed by atoms with van der Waals surface area (Å²) in [5.41, 5.74) is 19.4. The summed E-state index contributed by atoms with van der Waals surface area (Å²) in [6.07, 6.45) is 2.47. The molecule has 0 aliphatic carbocycles. The summed E-state index contributed by atoms with van der Waals surface area (Å²) in [5, 5.41) is 68.7. The van der Waals surface area contributed by atoms with Crippen molar-refractivity contribution in [2.75, 3.05) is 38.6 Å². The highest BCUT2D eigenvalue weighted by molar-refractivity contribution is 6.30. The van der Waals surface area contributed by atoms with Crippen molar-refractivity contribution >= 4 is 117 Å². The average Bonchev–Trinajstić information content (AvgIpc) is 1.79. The zero-order chi connectivity index (χ0) is 85.4. The maximum Gasteiger partial charge on any atom is 0.247 e. The number of nitrogens with zero attached hydrogens (tertiary/aromatic N) is 3. The smallest absolute Gasteiger partial charge is 0.247 e. The molecule has 2 heterocycles. The van der Waals surface area contributed by atoms with Crippen LogP contribution < -0.4 is 75.7 Å². The lowest BCUT2D eigenvalue weighted by molar-refractivity contribution is -0.144. The zero-order valence-corrected chi connectivity index (χ0v) is 66.8. The Hall–Kier alpha value is -12.6. The molecular formula is C82H106ClN19O15. The number of likely N-dealkylation sites (tertiary alicyclic amines) is 1. The number of likely N-dealkylation sites (N-methyl/N-ethyl adjacent to an activating group) is 1. The zero-order valence-electron chi connectivity index (χ0n) is 66.0. The third-order valence-corrected chi connectivity index (χ3v) is 19.8. The van der Waals surface area contributed by atoms with Crippen LogP contribution in [0.4, 0.5) is 5.69 Å². The summed E-state index contributed by atoms with van der Waals surface area (Å²) < 4.78 is 0. The van der Waals surface area contributed by atoms with Gasteiger partial charge in [0.15, 0.2) is 5.96 Å². The second-order valence-electron chi connectivity index (χ2n) is 29.2. The predicted molar refractivity (Wildman–Crippen MR) is 438 cm³/mol. The number of aromatic hydroxyl groups is 1. The van der Waals surface area contributed by atoms with Crippen molar-refractivity contribution in [1.29, 1.82) is 10.8 Å². The summed E-state index contributed by atoms with van der Waals surface area (Å²) >= 11 is 6.26. The molecule has 1 aliphatic heterocycles. The van der Waals surface area contributed by atoms with Crippen LogP contribution >= 0.6 is 11.6 Å². The number of halogens is 1. The van der Waals surface area contributed by atoms with Gasteiger partial charge in [-0.15, -0.1) is 0 Å². The Morgan fingerprint density at radius 3 is 1.74 bits per heavy atom. The van der Waals surface area contributed by atoms with Gasteiger partial charge in [0, 0.05) is 101 Å². The topological polar surface area (TPSA) is 540 Å². The quantitative estimate of drug-likeness (QED) is 0.0146. The van der Waals surface area contributed by atoms with Crippen molar-refractivity contribution in [3.05, 3.63) is 173 Å². The Bertz CT molecular complexity index is 4480. The molecular weight excluding hydrogens is 1530 g/mol. The second-order valence-corrected chi connectivity index (χ2v) is 29.7. The molecule has 117 heavy (non-hydrogen) atoms. The summed E-state index contributed by atoms with van der Waals surface area (Å²) in [7, 11) is 1.21. The van der Waals surface area contributed by atoms with Crippen LogP contribution in [0.2, 0.25) is 5.02 Å². The van der Waals surface area contributed by atoms with Crippen molar-refractivity contribution in [1.82, 2.24) is 68.0 Å². The molecule has 1 aliphatic rings. The van der Waals surface area contributed by atoms with Crippen LogP contribution in [0.15, 0.2) is 140 Å². The Morgan fingerprint density at radius 2 is 1.12 bits per heavy atom. The van der Waals surface area contributed by atoms with E-state index in [1.807, 2.05) is 42.5 Å². The van der Waals surface area contributed by atoms with Crippen molar-refractivity contribution in [2.45, 2.75) is 178 Å². The molecule has 7 rings (SSSR count). The first-order valence-electron chi connectivity index (χ1n) is 38.6. The maximum absolute atomic E-state index is 15.4. The fraction of sp³-hybridized carbons (Fsp3) is 0.415. The number of amidine groups is 1. The third kappa shape index (κ3) is 29.6. The number of hydrogen-bond acceptors (Lipinski definition) is 18. The van der Waals surface area contributed by atoms with Crippen molar-refractivity contribution in [3.8, 4) is 5.75 Å². The number of primary amides is 1. The van der Waals surface area contributed by atoms with Gasteiger partial charge in [0.1, 0.15) is 72.0 Å². The first kappa shape index (κ1) is 91.6. The number of unbranched alkanes of at least 4 members (excludes halogenated alkanes) is 1. The Kier molecular flexibility index (Phi) is 35.6. The Labute approximate surface area is 682 Å². The second kappa shape index (κ2) is 45.5. The number of carbonyl (C=O) groups is 13. The summed E-state index contributed by atoms with van der Waals surface area (Å²) in [6, 6.07) is 20.4. The van der Waals surface area contributed by atoms with Crippen molar-refractivity contribution in [2.24, 2.45) is 23.1 Å². The van der Waals surface area contributed by atoms with Crippen LogP contribution in [-0.4, -0.2) is 207 Å². The number of aliphatic hydroxyl groups excluding tert-OH is 1. The molecule has 10 atom stereocenters. The van der Waals surface area contributed by atoms with E-state index in [9.17, 15) is 58.2 Å². The summed E-state index contributed by atoms with van der Waals surface area (Å²) in [5.74, 6) is -11.1. The van der Waals surface area contributed by atoms with Crippen LogP contribution in [0.3, 0.4) is 0 Å². The number of nitrogen functional groups attached to an aromatic ring is 1. The molecule has 626 valence electrons. The van der Waals surface area contributed by atoms with Gasteiger partial charge in [0.05, 0.1) is 6.61 Å². The number of pyridine rings is 1. The Balaban J connectivity index is 1.16. The number of anilines is 1. The molecule has 1 saturated heterocycles. The summed E-state index contributed by atoms with van der Waals surface area (Å²) in [6.45, 7) is 5.28. The first-order chi connectivity index (χ1) is 55.7. The van der Waals surface area contributed by atoms with Gasteiger partial charge in [0.2, 0.25) is 76.8 Å². The van der Waals surface area contributed by atoms with Gasteiger partial charge < -0.3 is 95.7 Å². The molecule has 21 N–H and O–H groups in total. The number of amides is 13. The number of aromatic nitrogens is 1. The molecule has 1 fully saturated rings. The molecule has 35 heteroatoms. The number of guanidine groups is 1. The van der Waals surface area contributed by atoms with E-state index in [-0.39, 0.29) is 127 Å². The normalized spacial score (nSPS) is 14.7. The van der Waals surface area contributed by atoms with Gasteiger partial charge in [-0.25, -0.2) is 0 Å². The van der Waals surface area contributed by atoms with Gasteiger partial charge in [-0.1, -0.05) is 98.2 Å². The third-order valence-electron chi connectivity index (χ3n) is 19.5. The van der Waals surface area contributed by atoms with Crippen LogP contribution in [0.25, 0.3) is 10.8 Å². The van der Waals surface area contributed by atoms with E-state index in [4.69, 9.17) is 39.6 Å². The van der Waals surface area contributed by atoms with E-state index >= 15 is 14.4 Å². The highest BCUT2D eigenvalue weighted by Crippen LogP contribution is 2.23. The number of phenols is 1. The number of fused-ring (bicyclic) bond motifs is 1. The number of rotatable bonds is 44. The molecule has 13 amide bonds. The van der Waals surface area contributed by atoms with Crippen molar-refractivity contribution < 1.29 is 72.5 Å². The van der Waals surface area contributed by atoms with Gasteiger partial charge in [-0.2, -0.15) is 0 Å². The lowest BCUT2D eigenvalue weighted by atomic mass is 9.99. The number of benzene rings is 5. The van der Waals surface area contributed by atoms with Crippen LogP contribution in [0.1, 0.15) is 120 Å². The van der Waals surface area contributed by atoms with Gasteiger partial charge >= 0.3 is 0 Å². The van der Waals surface area contributed by atoms with Gasteiger partial charge in [0.25, 0.3) is 0 Å². The minimum Gasteiger partial charge on any atom is -0.508 e. The molecule has 1 aromatic heterocycles. The van der Waals surface area contributed by atoms with E-state index in [1.165, 1.54) is 62.5 Å². The molecule has 0 spiro atoms. The summed E-state index contributed by atoms with van der Waals surface area (Å²) in [4.78, 5) is 190. The van der Waals surface area contributed by atoms with E-state index in [1.54, 1.807) is 74.5 Å². The number of phenolic OH excluding ortho intramolecular Hbond substituents is 1. The maximum atomic E-state index is 15.4. The highest BCUT2D eigenvalue weighted by atomic mass is 35.5. The predicted octanol–water partition coefficient (Wildman–Crippen LogP) is 1.38. The van der Waals surface area contributed by atoms with Crippen molar-refractivity contribution in [3.63, 3.8) is 0 Å². The molecule has 5 aromatic carbocycles. The molecule has 0 radical (unpaired) electrons. The number of carbonyl (C=O) groups excluding carboxylic acids is 13. The van der Waals surface area contributed by atoms with Gasteiger partial charge in [-0.05, 0) is 152 Å². The minimum atomic E-state index is -1.87. The minimum absolute atomic E-state index is 0.0134. The Morgan fingerprint density at radius 1 is 0.573 bits per heavy atom. The van der Waals surface area contributed by atoms with E-state index in [0.29, 0.717) is 44.9 Å². The molecule has 34 nitrogen and oxygen atoms in total. The molecule has 10 unspecified atom stereocenters. The lowest BCUT2D eigenvalue weighted by Crippen LogP contribution is -2.62. The van der Waals surface area contributed by atoms with E-state index in [2.05, 4.69) is 63.5 Å². The number of nitrogens with two attached hydrogens (primary N) is 3. The lowest BCUT2D eigenvalue weighted by Gasteiger charge is -2.33. The molecule has 0 bridgehead atoms. The van der Waals surface area contributed by atoms with Gasteiger partial charge in [-0.3, -0.25) is 78.1 Å². The molecule has 6 aromatic rings. The fourth-order valence-corrected chi connectivity index (χ4v) is 13.3. The average molecular weight is 1630 g/mol. The van der Waals surface area contributed by atoms with E-state index < -0.39 is 144 Å². The fourth-order valence-electron chi connectivity index (χ4n) is 13.2. The first-order valence-corrected chi connectivity index (χ1v) is 39.0. The van der Waals surface area contributed by atoms with Crippen LogP contribution in [0, 0.1) is 16.7 Å². The molecule has 0 saturated carbocycles. The monoisotopic (exact) mass is 1630 g/mol. The number of nitrogens with one attached hydrogen (secondary N) is 13.